The Balaban J connectivity index is 0.961. The molecule has 13 heteroatoms. The van der Waals surface area contributed by atoms with Gasteiger partial charge in [-0.15, -0.1) is 0 Å². The average Bonchev–Trinajstić information content (AvgIpc) is 3.62. The molecule has 296 valence electrons. The topological polar surface area (TPSA) is 187 Å². The van der Waals surface area contributed by atoms with Gasteiger partial charge in [-0.3, -0.25) is 14.4 Å². The summed E-state index contributed by atoms with van der Waals surface area (Å²) < 4.78 is 18.9. The normalized spacial score (nSPS) is 33.4. The molecule has 0 bridgehead atoms. The monoisotopic (exact) mass is 751 g/mol. The van der Waals surface area contributed by atoms with Crippen molar-refractivity contribution in [3.8, 4) is 0 Å². The van der Waals surface area contributed by atoms with E-state index < -0.39 is 40.7 Å². The quantitative estimate of drug-likeness (QED) is 0.170. The lowest BCUT2D eigenvalue weighted by atomic mass is 9.43. The van der Waals surface area contributed by atoms with Crippen LogP contribution in [0.5, 0.6) is 0 Å². The molecule has 2 heterocycles. The Kier molecular flexibility index (Phi) is 11.8. The summed E-state index contributed by atoms with van der Waals surface area (Å²) in [4.78, 5) is 65.1. The van der Waals surface area contributed by atoms with Crippen LogP contribution in [-0.4, -0.2) is 67.4 Å². The van der Waals surface area contributed by atoms with Gasteiger partial charge in [0.05, 0.1) is 23.9 Å². The highest BCUT2D eigenvalue weighted by atomic mass is 16.5. The van der Waals surface area contributed by atoms with Crippen LogP contribution in [0.3, 0.4) is 0 Å². The minimum absolute atomic E-state index is 0.00729. The number of carboxylic acids is 1. The highest BCUT2D eigenvalue weighted by Crippen LogP contribution is 2.71. The van der Waals surface area contributed by atoms with E-state index >= 15 is 0 Å². The Morgan fingerprint density at radius 2 is 1.78 bits per heavy atom. The summed E-state index contributed by atoms with van der Waals surface area (Å²) in [6, 6.07) is 2.10. The maximum atomic E-state index is 12.9. The zero-order valence-corrected chi connectivity index (χ0v) is 32.1. The third-order valence-corrected chi connectivity index (χ3v) is 13.8. The number of nitrogens with one attached hydrogen (secondary N) is 1. The Bertz CT molecular complexity index is 1740. The first-order valence-corrected chi connectivity index (χ1v) is 19.8. The summed E-state index contributed by atoms with van der Waals surface area (Å²) >= 11 is 0. The van der Waals surface area contributed by atoms with Crippen LogP contribution in [0, 0.1) is 28.6 Å². The first-order chi connectivity index (χ1) is 25.6. The van der Waals surface area contributed by atoms with Crippen molar-refractivity contribution in [1.82, 2.24) is 14.9 Å². The number of nitrogens with zero attached hydrogens (tertiary/aromatic N) is 2. The summed E-state index contributed by atoms with van der Waals surface area (Å²) in [6.45, 7) is 5.88. The van der Waals surface area contributed by atoms with Crippen molar-refractivity contribution in [1.29, 1.82) is 0 Å². The van der Waals surface area contributed by atoms with Crippen LogP contribution in [0.15, 0.2) is 40.1 Å². The Hall–Kier alpha value is -4.00. The predicted octanol–water partition coefficient (Wildman–Crippen LogP) is 5.22. The van der Waals surface area contributed by atoms with E-state index in [1.54, 1.807) is 30.2 Å². The van der Waals surface area contributed by atoms with Crippen molar-refractivity contribution in [2.45, 2.75) is 147 Å². The number of carboxylic acid groups (broad SMARTS) is 1. The molecule has 4 saturated carbocycles. The first kappa shape index (κ1) is 39.7. The fraction of sp³-hybridized carbons (Fsp3) is 0.707. The standard InChI is InChI=1S/C41H57N3O10/c1-25(45)53-33-21-41(51)31-13-12-27-19-29(15-17-39(27,2)30(31)16-18-40(41,3)37(33)26-11-14-35(47)52-23-26)54-36(48)10-8-6-5-7-9-34(46)43-32(38(49)50)20-28-22-44(4)24-42-28/h11,14,22-24,27,29-33,37,51H,5-10,12-13,15-21H2,1-4H3,(H,43,46)(H,49,50). The van der Waals surface area contributed by atoms with Gasteiger partial charge in [0.15, 0.2) is 0 Å². The maximum Gasteiger partial charge on any atom is 0.335 e. The molecule has 3 N–H and O–H groups in total. The number of amides is 1. The summed E-state index contributed by atoms with van der Waals surface area (Å²) in [5.41, 5.74) is -0.710. The van der Waals surface area contributed by atoms with E-state index in [4.69, 9.17) is 13.9 Å². The fourth-order valence-electron chi connectivity index (χ4n) is 11.2. The average molecular weight is 752 g/mol. The third kappa shape index (κ3) is 8.02. The minimum atomic E-state index is -1.10. The lowest BCUT2D eigenvalue weighted by molar-refractivity contribution is -0.207. The molecule has 10 unspecified atom stereocenters. The second-order valence-corrected chi connectivity index (χ2v) is 17.1. The maximum absolute atomic E-state index is 12.9. The molecule has 0 aromatic carbocycles. The number of ether oxygens (including phenoxy) is 2. The number of carbonyl (C=O) groups is 4. The molecule has 6 rings (SSSR count). The van der Waals surface area contributed by atoms with Gasteiger partial charge in [0.1, 0.15) is 18.2 Å². The number of aliphatic carboxylic acids is 1. The predicted molar refractivity (Wildman–Crippen MR) is 196 cm³/mol. The van der Waals surface area contributed by atoms with E-state index in [1.807, 2.05) is 0 Å². The van der Waals surface area contributed by atoms with Gasteiger partial charge < -0.3 is 34.0 Å². The van der Waals surface area contributed by atoms with Crippen LogP contribution in [0.2, 0.25) is 0 Å². The van der Waals surface area contributed by atoms with Crippen molar-refractivity contribution >= 4 is 23.8 Å². The van der Waals surface area contributed by atoms with Crippen molar-refractivity contribution in [2.75, 3.05) is 0 Å². The number of aromatic nitrogens is 2. The van der Waals surface area contributed by atoms with E-state index in [9.17, 15) is 34.2 Å². The van der Waals surface area contributed by atoms with E-state index in [-0.39, 0.29) is 54.0 Å². The lowest BCUT2D eigenvalue weighted by Crippen LogP contribution is -2.62. The van der Waals surface area contributed by atoms with Gasteiger partial charge in [0.2, 0.25) is 5.91 Å². The summed E-state index contributed by atoms with van der Waals surface area (Å²) in [7, 11) is 1.80. The Morgan fingerprint density at radius 1 is 1.02 bits per heavy atom. The Morgan fingerprint density at radius 3 is 2.44 bits per heavy atom. The largest absolute Gasteiger partial charge is 0.480 e. The van der Waals surface area contributed by atoms with Gasteiger partial charge in [-0.1, -0.05) is 26.7 Å². The molecule has 4 fully saturated rings. The number of carbonyl (C=O) groups excluding carboxylic acids is 3. The molecule has 4 aliphatic rings. The number of aliphatic hydroxyl groups is 1. The SMILES string of the molecule is CC(=O)OC1CC2(O)C3CCC4CC(OC(=O)CCCCCCC(=O)NC(Cc5cn(C)cn5)C(=O)O)CCC4(C)C3CCC2(C)C1c1ccc(=O)oc1. The molecule has 0 spiro atoms. The number of rotatable bonds is 14. The van der Waals surface area contributed by atoms with Crippen LogP contribution in [0.4, 0.5) is 0 Å². The summed E-state index contributed by atoms with van der Waals surface area (Å²) in [6.07, 6.45) is 13.9. The van der Waals surface area contributed by atoms with E-state index in [2.05, 4.69) is 24.1 Å². The number of aryl methyl sites for hydroxylation is 1. The summed E-state index contributed by atoms with van der Waals surface area (Å²) in [5.74, 6) is -1.59. The van der Waals surface area contributed by atoms with E-state index in [1.165, 1.54) is 19.3 Å². The molecule has 13 nitrogen and oxygen atoms in total. The number of hydrogen-bond donors (Lipinski definition) is 3. The van der Waals surface area contributed by atoms with Crippen LogP contribution in [0.25, 0.3) is 0 Å². The molecule has 2 aromatic heterocycles. The molecule has 4 aliphatic carbocycles. The van der Waals surface area contributed by atoms with Crippen LogP contribution >= 0.6 is 0 Å². The number of hydrogen-bond acceptors (Lipinski definition) is 10. The second-order valence-electron chi connectivity index (χ2n) is 17.1. The number of imidazole rings is 1. The van der Waals surface area contributed by atoms with E-state index in [0.29, 0.717) is 37.3 Å². The third-order valence-electron chi connectivity index (χ3n) is 13.8. The summed E-state index contributed by atoms with van der Waals surface area (Å²) in [5, 5.41) is 24.9. The second kappa shape index (κ2) is 16.0. The number of fused-ring (bicyclic) bond motifs is 5. The molecule has 0 saturated heterocycles. The zero-order valence-electron chi connectivity index (χ0n) is 32.1. The van der Waals surface area contributed by atoms with Crippen molar-refractivity contribution < 1.29 is 43.3 Å². The number of esters is 2. The van der Waals surface area contributed by atoms with Gasteiger partial charge in [-0.2, -0.15) is 0 Å². The van der Waals surface area contributed by atoms with Gasteiger partial charge in [-0.25, -0.2) is 14.6 Å². The minimum Gasteiger partial charge on any atom is -0.480 e. The highest BCUT2D eigenvalue weighted by molar-refractivity contribution is 5.83. The first-order valence-electron chi connectivity index (χ1n) is 19.8. The van der Waals surface area contributed by atoms with Crippen molar-refractivity contribution in [3.05, 3.63) is 52.6 Å². The van der Waals surface area contributed by atoms with Crippen molar-refractivity contribution in [2.24, 2.45) is 35.6 Å². The van der Waals surface area contributed by atoms with Gasteiger partial charge in [0.25, 0.3) is 0 Å². The van der Waals surface area contributed by atoms with Crippen LogP contribution in [0.1, 0.15) is 128 Å². The van der Waals surface area contributed by atoms with Crippen LogP contribution < -0.4 is 10.9 Å². The molecule has 10 atom stereocenters. The zero-order chi connectivity index (χ0) is 38.8. The van der Waals surface area contributed by atoms with E-state index in [0.717, 1.165) is 63.4 Å². The van der Waals surface area contributed by atoms with Gasteiger partial charge in [-0.05, 0) is 92.6 Å². The molecular formula is C41H57N3O10. The molecule has 2 aromatic rings. The van der Waals surface area contributed by atoms with Gasteiger partial charge in [0, 0.05) is 63.3 Å². The molecule has 0 radical (unpaired) electrons. The lowest BCUT2D eigenvalue weighted by Gasteiger charge is -2.63. The van der Waals surface area contributed by atoms with Gasteiger partial charge >= 0.3 is 23.5 Å². The molecule has 1 amide bonds. The fourth-order valence-corrected chi connectivity index (χ4v) is 11.2. The molecule has 0 aliphatic heterocycles. The molecule has 54 heavy (non-hydrogen) atoms. The molecular weight excluding hydrogens is 694 g/mol. The Labute approximate surface area is 316 Å². The van der Waals surface area contributed by atoms with Crippen LogP contribution in [-0.2, 0) is 42.1 Å². The highest BCUT2D eigenvalue weighted by Gasteiger charge is 2.70. The number of unbranched alkanes of at least 4 members (excludes halogenated alkanes) is 3. The van der Waals surface area contributed by atoms with Crippen molar-refractivity contribution in [3.63, 3.8) is 0 Å². The smallest absolute Gasteiger partial charge is 0.335 e.